The highest BCUT2D eigenvalue weighted by Gasteiger charge is 2.30. The molecule has 0 bridgehead atoms. The number of halogens is 3. The Bertz CT molecular complexity index is 1020. The van der Waals surface area contributed by atoms with Crippen LogP contribution in [0.1, 0.15) is 15.9 Å². The first-order valence-electron chi connectivity index (χ1n) is 8.28. The molecule has 2 heterocycles. The molecule has 0 atom stereocenters. The predicted molar refractivity (Wildman–Crippen MR) is 95.5 cm³/mol. The molecular formula is C19H15F3N4O2. The fourth-order valence-corrected chi connectivity index (χ4v) is 2.47. The second-order valence-corrected chi connectivity index (χ2v) is 5.85. The molecule has 28 heavy (non-hydrogen) atoms. The normalized spacial score (nSPS) is 11.2. The standard InChI is InChI=1S/C19H15F3N4O2/c20-19(21,22)15-5-3-13(4-6-15)18(28)24-10-11-26-17(27)8-7-16(25-26)14-2-1-9-23-12-14/h1-9,12H,10-11H2,(H,24,28). The van der Waals surface area contributed by atoms with Gasteiger partial charge in [0.2, 0.25) is 0 Å². The highest BCUT2D eigenvalue weighted by Crippen LogP contribution is 2.29. The van der Waals surface area contributed by atoms with Crippen LogP contribution in [-0.4, -0.2) is 27.2 Å². The molecule has 0 unspecified atom stereocenters. The van der Waals surface area contributed by atoms with Crippen LogP contribution >= 0.6 is 0 Å². The number of benzene rings is 1. The summed E-state index contributed by atoms with van der Waals surface area (Å²) < 4.78 is 38.9. The van der Waals surface area contributed by atoms with Crippen LogP contribution in [0, 0.1) is 0 Å². The lowest BCUT2D eigenvalue weighted by Crippen LogP contribution is -2.32. The number of carbonyl (C=O) groups is 1. The summed E-state index contributed by atoms with van der Waals surface area (Å²) >= 11 is 0. The van der Waals surface area contributed by atoms with Gasteiger partial charge in [0.1, 0.15) is 0 Å². The largest absolute Gasteiger partial charge is 0.416 e. The number of pyridine rings is 1. The SMILES string of the molecule is O=C(NCCn1nc(-c2cccnc2)ccc1=O)c1ccc(C(F)(F)F)cc1. The van der Waals surface area contributed by atoms with Crippen LogP contribution < -0.4 is 10.9 Å². The molecule has 0 spiro atoms. The van der Waals surface area contributed by atoms with Crippen molar-refractivity contribution in [2.75, 3.05) is 6.54 Å². The molecule has 1 amide bonds. The molecule has 0 aliphatic carbocycles. The Morgan fingerprint density at radius 3 is 2.46 bits per heavy atom. The molecule has 0 aliphatic rings. The van der Waals surface area contributed by atoms with Crippen LogP contribution in [0.15, 0.2) is 65.7 Å². The molecule has 0 saturated heterocycles. The minimum Gasteiger partial charge on any atom is -0.350 e. The van der Waals surface area contributed by atoms with Gasteiger partial charge < -0.3 is 5.32 Å². The van der Waals surface area contributed by atoms with Crippen molar-refractivity contribution >= 4 is 5.91 Å². The van der Waals surface area contributed by atoms with Gasteiger partial charge in [-0.25, -0.2) is 4.68 Å². The Labute approximate surface area is 157 Å². The van der Waals surface area contributed by atoms with Crippen molar-refractivity contribution in [1.29, 1.82) is 0 Å². The number of nitrogens with zero attached hydrogens (tertiary/aromatic N) is 3. The molecule has 0 aliphatic heterocycles. The van der Waals surface area contributed by atoms with Crippen LogP contribution in [0.5, 0.6) is 0 Å². The zero-order chi connectivity index (χ0) is 20.1. The first kappa shape index (κ1) is 19.3. The number of hydrogen-bond acceptors (Lipinski definition) is 4. The summed E-state index contributed by atoms with van der Waals surface area (Å²) in [5.74, 6) is -0.537. The Morgan fingerprint density at radius 1 is 1.07 bits per heavy atom. The van der Waals surface area contributed by atoms with Gasteiger partial charge in [0, 0.05) is 36.1 Å². The number of rotatable bonds is 5. The maximum absolute atomic E-state index is 12.6. The number of nitrogens with one attached hydrogen (secondary N) is 1. The minimum absolute atomic E-state index is 0.0866. The van der Waals surface area contributed by atoms with Crippen LogP contribution in [0.3, 0.4) is 0 Å². The fourth-order valence-electron chi connectivity index (χ4n) is 2.47. The van der Waals surface area contributed by atoms with E-state index in [-0.39, 0.29) is 24.2 Å². The Balaban J connectivity index is 1.63. The van der Waals surface area contributed by atoms with E-state index in [1.54, 1.807) is 30.6 Å². The van der Waals surface area contributed by atoms with E-state index >= 15 is 0 Å². The molecule has 0 fully saturated rings. The Kier molecular flexibility index (Phi) is 5.53. The van der Waals surface area contributed by atoms with Gasteiger partial charge in [0.25, 0.3) is 11.5 Å². The number of carbonyl (C=O) groups excluding carboxylic acids is 1. The third kappa shape index (κ3) is 4.61. The van der Waals surface area contributed by atoms with E-state index in [9.17, 15) is 22.8 Å². The van der Waals surface area contributed by atoms with Gasteiger partial charge in [-0.05, 0) is 42.5 Å². The molecule has 0 saturated carbocycles. The predicted octanol–water partition coefficient (Wildman–Crippen LogP) is 2.75. The van der Waals surface area contributed by atoms with Crippen LogP contribution in [0.4, 0.5) is 13.2 Å². The Hall–Kier alpha value is -3.49. The van der Waals surface area contributed by atoms with E-state index in [0.717, 1.165) is 29.8 Å². The quantitative estimate of drug-likeness (QED) is 0.729. The smallest absolute Gasteiger partial charge is 0.350 e. The van der Waals surface area contributed by atoms with Gasteiger partial charge >= 0.3 is 6.18 Å². The summed E-state index contributed by atoms with van der Waals surface area (Å²) in [4.78, 5) is 28.0. The molecule has 144 valence electrons. The van der Waals surface area contributed by atoms with E-state index in [0.29, 0.717) is 5.69 Å². The van der Waals surface area contributed by atoms with Gasteiger partial charge in [-0.3, -0.25) is 14.6 Å². The molecule has 0 radical (unpaired) electrons. The molecule has 3 rings (SSSR count). The van der Waals surface area contributed by atoms with Crippen LogP contribution in [0.25, 0.3) is 11.3 Å². The van der Waals surface area contributed by atoms with Gasteiger partial charge in [-0.15, -0.1) is 0 Å². The molecule has 3 aromatic rings. The van der Waals surface area contributed by atoms with Crippen molar-refractivity contribution in [3.8, 4) is 11.3 Å². The zero-order valence-corrected chi connectivity index (χ0v) is 14.5. The molecule has 2 aromatic heterocycles. The van der Waals surface area contributed by atoms with Crippen molar-refractivity contribution in [3.05, 3.63) is 82.4 Å². The maximum Gasteiger partial charge on any atom is 0.416 e. The molecule has 9 heteroatoms. The van der Waals surface area contributed by atoms with Crippen molar-refractivity contribution in [1.82, 2.24) is 20.1 Å². The van der Waals surface area contributed by atoms with Crippen LogP contribution in [0.2, 0.25) is 0 Å². The zero-order valence-electron chi connectivity index (χ0n) is 14.5. The summed E-state index contributed by atoms with van der Waals surface area (Å²) in [5, 5.41) is 6.80. The monoisotopic (exact) mass is 388 g/mol. The average molecular weight is 388 g/mol. The first-order chi connectivity index (χ1) is 13.3. The highest BCUT2D eigenvalue weighted by molar-refractivity contribution is 5.94. The first-order valence-corrected chi connectivity index (χ1v) is 8.28. The fraction of sp³-hybridized carbons (Fsp3) is 0.158. The summed E-state index contributed by atoms with van der Waals surface area (Å²) in [6.45, 7) is 0.197. The lowest BCUT2D eigenvalue weighted by atomic mass is 10.1. The minimum atomic E-state index is -4.46. The number of aromatic nitrogens is 3. The van der Waals surface area contributed by atoms with Crippen molar-refractivity contribution < 1.29 is 18.0 Å². The highest BCUT2D eigenvalue weighted by atomic mass is 19.4. The van der Waals surface area contributed by atoms with E-state index in [1.807, 2.05) is 0 Å². The average Bonchev–Trinajstić information content (AvgIpc) is 2.69. The maximum atomic E-state index is 12.6. The number of amides is 1. The second kappa shape index (κ2) is 8.03. The Morgan fingerprint density at radius 2 is 1.82 bits per heavy atom. The third-order valence-corrected chi connectivity index (χ3v) is 3.91. The van der Waals surface area contributed by atoms with Crippen molar-refractivity contribution in [3.63, 3.8) is 0 Å². The van der Waals surface area contributed by atoms with E-state index < -0.39 is 17.6 Å². The lowest BCUT2D eigenvalue weighted by Gasteiger charge is -2.10. The number of alkyl halides is 3. The summed E-state index contributed by atoms with van der Waals surface area (Å²) in [5.41, 5.74) is 0.229. The molecule has 1 N–H and O–H groups in total. The van der Waals surface area contributed by atoms with E-state index in [4.69, 9.17) is 0 Å². The molecule has 6 nitrogen and oxygen atoms in total. The molecular weight excluding hydrogens is 373 g/mol. The van der Waals surface area contributed by atoms with E-state index in [2.05, 4.69) is 15.4 Å². The topological polar surface area (TPSA) is 76.9 Å². The van der Waals surface area contributed by atoms with Crippen molar-refractivity contribution in [2.45, 2.75) is 12.7 Å². The summed E-state index contributed by atoms with van der Waals surface area (Å²) in [6, 6.07) is 10.4. The van der Waals surface area contributed by atoms with Gasteiger partial charge in [-0.1, -0.05) is 0 Å². The van der Waals surface area contributed by atoms with Gasteiger partial charge in [0.15, 0.2) is 0 Å². The lowest BCUT2D eigenvalue weighted by molar-refractivity contribution is -0.137. The van der Waals surface area contributed by atoms with Crippen LogP contribution in [-0.2, 0) is 12.7 Å². The van der Waals surface area contributed by atoms with Crippen molar-refractivity contribution in [2.24, 2.45) is 0 Å². The number of hydrogen-bond donors (Lipinski definition) is 1. The van der Waals surface area contributed by atoms with E-state index in [1.165, 1.54) is 10.7 Å². The summed E-state index contributed by atoms with van der Waals surface area (Å²) in [7, 11) is 0. The van der Waals surface area contributed by atoms with Gasteiger partial charge in [0.05, 0.1) is 17.8 Å². The second-order valence-electron chi connectivity index (χ2n) is 5.85. The van der Waals surface area contributed by atoms with Gasteiger partial charge in [-0.2, -0.15) is 18.3 Å². The summed E-state index contributed by atoms with van der Waals surface area (Å²) in [6.07, 6.45) is -1.22. The molecule has 1 aromatic carbocycles. The third-order valence-electron chi connectivity index (χ3n) is 3.91.